The molecule has 0 radical (unpaired) electrons. The molecule has 2 heterocycles. The van der Waals surface area contributed by atoms with Crippen LogP contribution in [-0.4, -0.2) is 31.1 Å². The van der Waals surface area contributed by atoms with Crippen molar-refractivity contribution in [2.24, 2.45) is 0 Å². The van der Waals surface area contributed by atoms with E-state index in [4.69, 9.17) is 0 Å². The molecule has 0 bridgehead atoms. The Bertz CT molecular complexity index is 1180. The van der Waals surface area contributed by atoms with Gasteiger partial charge in [0.2, 0.25) is 11.0 Å². The molecule has 156 valence electrons. The number of carbonyl (C=O) groups excluding carboxylic acids is 1. The van der Waals surface area contributed by atoms with E-state index < -0.39 is 0 Å². The van der Waals surface area contributed by atoms with Crippen LogP contribution in [0.4, 0.5) is 5.13 Å². The third-order valence-electron chi connectivity index (χ3n) is 4.63. The molecule has 2 aromatic carbocycles. The van der Waals surface area contributed by atoms with E-state index in [0.717, 1.165) is 16.1 Å². The largest absolute Gasteiger partial charge is 0.297 e. The zero-order chi connectivity index (χ0) is 21.6. The molecule has 8 heteroatoms. The van der Waals surface area contributed by atoms with E-state index in [1.165, 1.54) is 23.0 Å². The van der Waals surface area contributed by atoms with Crippen LogP contribution in [0.2, 0.25) is 0 Å². The van der Waals surface area contributed by atoms with Gasteiger partial charge in [-0.2, -0.15) is 0 Å². The van der Waals surface area contributed by atoms with Gasteiger partial charge < -0.3 is 0 Å². The maximum absolute atomic E-state index is 12.2. The Morgan fingerprint density at radius 2 is 1.84 bits per heavy atom. The fourth-order valence-corrected chi connectivity index (χ4v) is 3.70. The molecule has 0 aliphatic rings. The monoisotopic (exact) mass is 430 g/mol. The summed E-state index contributed by atoms with van der Waals surface area (Å²) >= 11 is 1.34. The zero-order valence-electron chi connectivity index (χ0n) is 17.3. The Hall–Kier alpha value is -3.65. The van der Waals surface area contributed by atoms with E-state index in [2.05, 4.69) is 51.8 Å². The summed E-state index contributed by atoms with van der Waals surface area (Å²) < 4.78 is 1.73. The second-order valence-corrected chi connectivity index (χ2v) is 8.32. The fraction of sp³-hybridized carbons (Fsp3) is 0.174. The number of aromatic nitrogens is 5. The molecular formula is C23H22N6OS. The number of nitrogens with one attached hydrogen (secondary N) is 1. The summed E-state index contributed by atoms with van der Waals surface area (Å²) in [7, 11) is 0. The third kappa shape index (κ3) is 5.49. The first-order valence-electron chi connectivity index (χ1n) is 9.94. The summed E-state index contributed by atoms with van der Waals surface area (Å²) in [5, 5.41) is 20.4. The fourth-order valence-electron chi connectivity index (χ4n) is 2.95. The highest BCUT2D eigenvalue weighted by atomic mass is 32.1. The summed E-state index contributed by atoms with van der Waals surface area (Å²) in [5.41, 5.74) is 3.99. The lowest BCUT2D eigenvalue weighted by atomic mass is 10.0. The number of carbonyl (C=O) groups is 1. The number of nitrogens with zero attached hydrogens (tertiary/aromatic N) is 5. The van der Waals surface area contributed by atoms with Crippen LogP contribution in [0.1, 0.15) is 36.6 Å². The number of hydrogen-bond donors (Lipinski definition) is 1. The molecule has 4 rings (SSSR count). The lowest BCUT2D eigenvalue weighted by molar-refractivity contribution is -0.111. The van der Waals surface area contributed by atoms with E-state index >= 15 is 0 Å². The van der Waals surface area contributed by atoms with Crippen molar-refractivity contribution >= 4 is 28.5 Å². The summed E-state index contributed by atoms with van der Waals surface area (Å²) in [6.45, 7) is 4.94. The maximum Gasteiger partial charge on any atom is 0.250 e. The van der Waals surface area contributed by atoms with Crippen molar-refractivity contribution in [2.75, 3.05) is 5.32 Å². The number of amides is 1. The highest BCUT2D eigenvalue weighted by molar-refractivity contribution is 7.18. The molecule has 1 N–H and O–H groups in total. The van der Waals surface area contributed by atoms with Crippen LogP contribution in [0, 0.1) is 0 Å². The molecule has 2 aromatic heterocycles. The Morgan fingerprint density at radius 1 is 1.06 bits per heavy atom. The molecule has 0 aliphatic carbocycles. The number of rotatable bonds is 7. The highest BCUT2D eigenvalue weighted by Gasteiger charge is 2.09. The minimum absolute atomic E-state index is 0.296. The molecule has 0 spiro atoms. The van der Waals surface area contributed by atoms with Crippen LogP contribution in [-0.2, 0) is 11.3 Å². The van der Waals surface area contributed by atoms with Crippen molar-refractivity contribution < 1.29 is 4.79 Å². The quantitative estimate of drug-likeness (QED) is 0.432. The summed E-state index contributed by atoms with van der Waals surface area (Å²) in [6.07, 6.45) is 4.83. The lowest BCUT2D eigenvalue weighted by Crippen LogP contribution is -2.07. The molecule has 0 saturated heterocycles. The molecule has 0 unspecified atom stereocenters. The first-order valence-corrected chi connectivity index (χ1v) is 10.8. The van der Waals surface area contributed by atoms with Crippen molar-refractivity contribution in [1.29, 1.82) is 0 Å². The Kier molecular flexibility index (Phi) is 6.28. The van der Waals surface area contributed by atoms with E-state index in [1.807, 2.05) is 42.5 Å². The molecule has 1 amide bonds. The summed E-state index contributed by atoms with van der Waals surface area (Å²) in [4.78, 5) is 12.2. The first kappa shape index (κ1) is 20.6. The van der Waals surface area contributed by atoms with Gasteiger partial charge in [-0.25, -0.2) is 4.68 Å². The van der Waals surface area contributed by atoms with E-state index in [-0.39, 0.29) is 5.91 Å². The van der Waals surface area contributed by atoms with Gasteiger partial charge in [0.1, 0.15) is 10.7 Å². The molecule has 0 aliphatic heterocycles. The smallest absolute Gasteiger partial charge is 0.250 e. The number of anilines is 1. The molecule has 4 aromatic rings. The molecular weight excluding hydrogens is 408 g/mol. The SMILES string of the molecule is CC(C)c1ccc(-c2nnc(NC(=O)/C=C/c3cn(Cc4ccccc4)nn3)s2)cc1. The van der Waals surface area contributed by atoms with Crippen LogP contribution < -0.4 is 5.32 Å². The van der Waals surface area contributed by atoms with Gasteiger partial charge in [0, 0.05) is 11.6 Å². The van der Waals surface area contributed by atoms with Crippen LogP contribution in [0.3, 0.4) is 0 Å². The normalized spacial score (nSPS) is 11.3. The Balaban J connectivity index is 1.34. The molecule has 0 atom stereocenters. The van der Waals surface area contributed by atoms with E-state index in [0.29, 0.717) is 23.3 Å². The topological polar surface area (TPSA) is 85.6 Å². The Labute approximate surface area is 184 Å². The van der Waals surface area contributed by atoms with Gasteiger partial charge in [0.25, 0.3) is 0 Å². The number of benzene rings is 2. The van der Waals surface area contributed by atoms with Crippen LogP contribution >= 0.6 is 11.3 Å². The lowest BCUT2D eigenvalue weighted by Gasteiger charge is -2.04. The van der Waals surface area contributed by atoms with Gasteiger partial charge in [0.15, 0.2) is 0 Å². The van der Waals surface area contributed by atoms with Crippen molar-refractivity contribution in [3.05, 3.63) is 83.7 Å². The van der Waals surface area contributed by atoms with Crippen molar-refractivity contribution in [3.8, 4) is 10.6 Å². The van der Waals surface area contributed by atoms with Gasteiger partial charge in [-0.1, -0.05) is 85.0 Å². The van der Waals surface area contributed by atoms with Crippen molar-refractivity contribution in [3.63, 3.8) is 0 Å². The van der Waals surface area contributed by atoms with Gasteiger partial charge in [-0.3, -0.25) is 10.1 Å². The molecule has 0 fully saturated rings. The van der Waals surface area contributed by atoms with Gasteiger partial charge >= 0.3 is 0 Å². The average molecular weight is 431 g/mol. The van der Waals surface area contributed by atoms with Gasteiger partial charge in [0.05, 0.1) is 12.7 Å². The highest BCUT2D eigenvalue weighted by Crippen LogP contribution is 2.27. The molecule has 0 saturated carbocycles. The summed E-state index contributed by atoms with van der Waals surface area (Å²) in [5.74, 6) is 0.181. The first-order chi connectivity index (χ1) is 15.1. The van der Waals surface area contributed by atoms with E-state index in [1.54, 1.807) is 17.0 Å². The minimum Gasteiger partial charge on any atom is -0.297 e. The second-order valence-electron chi connectivity index (χ2n) is 7.34. The van der Waals surface area contributed by atoms with Gasteiger partial charge in [-0.05, 0) is 23.1 Å². The van der Waals surface area contributed by atoms with Crippen LogP contribution in [0.25, 0.3) is 16.6 Å². The summed E-state index contributed by atoms with van der Waals surface area (Å²) in [6, 6.07) is 18.2. The zero-order valence-corrected chi connectivity index (χ0v) is 18.1. The molecule has 31 heavy (non-hydrogen) atoms. The predicted molar refractivity (Wildman–Crippen MR) is 123 cm³/mol. The maximum atomic E-state index is 12.2. The van der Waals surface area contributed by atoms with Crippen LogP contribution in [0.5, 0.6) is 0 Å². The average Bonchev–Trinajstić information content (AvgIpc) is 3.43. The van der Waals surface area contributed by atoms with Crippen molar-refractivity contribution in [1.82, 2.24) is 25.2 Å². The standard InChI is InChI=1S/C23H22N6OS/c1-16(2)18-8-10-19(11-9-18)22-26-27-23(31-22)24-21(30)13-12-20-15-29(28-25-20)14-17-6-4-3-5-7-17/h3-13,15-16H,14H2,1-2H3,(H,24,27,30)/b13-12+. The second kappa shape index (κ2) is 9.44. The Morgan fingerprint density at radius 3 is 2.58 bits per heavy atom. The van der Waals surface area contributed by atoms with Crippen molar-refractivity contribution in [2.45, 2.75) is 26.3 Å². The minimum atomic E-state index is -0.296. The number of hydrogen-bond acceptors (Lipinski definition) is 6. The van der Waals surface area contributed by atoms with E-state index in [9.17, 15) is 4.79 Å². The van der Waals surface area contributed by atoms with Gasteiger partial charge in [-0.15, -0.1) is 15.3 Å². The third-order valence-corrected chi connectivity index (χ3v) is 5.52. The molecule has 7 nitrogen and oxygen atoms in total. The predicted octanol–water partition coefficient (Wildman–Crippen LogP) is 4.62. The van der Waals surface area contributed by atoms with Crippen LogP contribution in [0.15, 0.2) is 66.9 Å².